The first-order chi connectivity index (χ1) is 9.58. The first-order valence-electron chi connectivity index (χ1n) is 6.59. The second kappa shape index (κ2) is 6.80. The molecule has 0 aliphatic rings. The van der Waals surface area contributed by atoms with E-state index in [1.807, 2.05) is 0 Å². The molecule has 0 aliphatic carbocycles. The van der Waals surface area contributed by atoms with E-state index in [0.29, 0.717) is 16.3 Å². The Bertz CT molecular complexity index is 537. The summed E-state index contributed by atoms with van der Waals surface area (Å²) >= 11 is 5.92. The third kappa shape index (κ3) is 6.04. The minimum absolute atomic E-state index is 0.289. The van der Waals surface area contributed by atoms with Gasteiger partial charge in [-0.2, -0.15) is 0 Å². The van der Waals surface area contributed by atoms with Gasteiger partial charge < -0.3 is 9.84 Å². The van der Waals surface area contributed by atoms with Gasteiger partial charge in [0.1, 0.15) is 5.60 Å². The van der Waals surface area contributed by atoms with Gasteiger partial charge in [-0.3, -0.25) is 10.1 Å². The molecule has 0 radical (unpaired) electrons. The third-order valence-corrected chi connectivity index (χ3v) is 2.89. The standard InChI is InChI=1S/C15H20ClNO4/c1-9(13(18)19)7-10-5-6-11(16)8-12(10)17-14(20)21-15(2,3)4/h5-6,8-9H,7H2,1-4H3,(H,17,20)(H,18,19). The minimum atomic E-state index is -0.895. The van der Waals surface area contributed by atoms with Crippen molar-refractivity contribution in [3.05, 3.63) is 28.8 Å². The van der Waals surface area contributed by atoms with Crippen molar-refractivity contribution in [2.75, 3.05) is 5.32 Å². The average Bonchev–Trinajstić information content (AvgIpc) is 2.29. The molecule has 0 bridgehead atoms. The molecule has 6 heteroatoms. The molecule has 116 valence electrons. The van der Waals surface area contributed by atoms with Gasteiger partial charge in [-0.05, 0) is 44.9 Å². The molecule has 1 rings (SSSR count). The number of halogens is 1. The van der Waals surface area contributed by atoms with Gasteiger partial charge in [-0.15, -0.1) is 0 Å². The van der Waals surface area contributed by atoms with Crippen LogP contribution in [0.2, 0.25) is 5.02 Å². The van der Waals surface area contributed by atoms with Crippen molar-refractivity contribution in [1.29, 1.82) is 0 Å². The summed E-state index contributed by atoms with van der Waals surface area (Å²) in [6.45, 7) is 6.89. The summed E-state index contributed by atoms with van der Waals surface area (Å²) in [5.74, 6) is -1.46. The third-order valence-electron chi connectivity index (χ3n) is 2.66. The fourth-order valence-electron chi connectivity index (χ4n) is 1.67. The lowest BCUT2D eigenvalue weighted by molar-refractivity contribution is -0.141. The number of carbonyl (C=O) groups excluding carboxylic acids is 1. The lowest BCUT2D eigenvalue weighted by Gasteiger charge is -2.21. The second-order valence-corrected chi connectivity index (χ2v) is 6.31. The number of nitrogens with one attached hydrogen (secondary N) is 1. The Labute approximate surface area is 129 Å². The molecule has 5 nitrogen and oxygen atoms in total. The molecule has 0 fully saturated rings. The minimum Gasteiger partial charge on any atom is -0.481 e. The molecule has 0 spiro atoms. The van der Waals surface area contributed by atoms with E-state index < -0.39 is 23.6 Å². The molecule has 0 aromatic heterocycles. The van der Waals surface area contributed by atoms with E-state index in [4.69, 9.17) is 21.4 Å². The van der Waals surface area contributed by atoms with E-state index in [1.54, 1.807) is 45.9 Å². The molecule has 0 saturated heterocycles. The summed E-state index contributed by atoms with van der Waals surface area (Å²) in [4.78, 5) is 22.8. The van der Waals surface area contributed by atoms with Gasteiger partial charge in [-0.1, -0.05) is 24.6 Å². The van der Waals surface area contributed by atoms with Crippen molar-refractivity contribution in [3.8, 4) is 0 Å². The monoisotopic (exact) mass is 313 g/mol. The molecule has 0 saturated carbocycles. The van der Waals surface area contributed by atoms with Gasteiger partial charge in [0, 0.05) is 10.7 Å². The number of rotatable bonds is 4. The molecule has 0 aliphatic heterocycles. The van der Waals surface area contributed by atoms with E-state index in [1.165, 1.54) is 0 Å². The maximum atomic E-state index is 11.8. The van der Waals surface area contributed by atoms with Crippen molar-refractivity contribution < 1.29 is 19.4 Å². The number of amides is 1. The van der Waals surface area contributed by atoms with Crippen molar-refractivity contribution in [1.82, 2.24) is 0 Å². The van der Waals surface area contributed by atoms with Gasteiger partial charge in [0.2, 0.25) is 0 Å². The predicted octanol–water partition coefficient (Wildman–Crippen LogP) is 3.95. The van der Waals surface area contributed by atoms with Crippen molar-refractivity contribution in [2.24, 2.45) is 5.92 Å². The van der Waals surface area contributed by atoms with E-state index in [0.717, 1.165) is 0 Å². The first-order valence-corrected chi connectivity index (χ1v) is 6.97. The van der Waals surface area contributed by atoms with Crippen LogP contribution < -0.4 is 5.32 Å². The highest BCUT2D eigenvalue weighted by atomic mass is 35.5. The zero-order valence-electron chi connectivity index (χ0n) is 12.6. The maximum absolute atomic E-state index is 11.8. The van der Waals surface area contributed by atoms with Crippen LogP contribution in [0.25, 0.3) is 0 Å². The Morgan fingerprint density at radius 2 is 2.00 bits per heavy atom. The Balaban J connectivity index is 2.92. The Hall–Kier alpha value is -1.75. The summed E-state index contributed by atoms with van der Waals surface area (Å²) in [7, 11) is 0. The largest absolute Gasteiger partial charge is 0.481 e. The van der Waals surface area contributed by atoms with Gasteiger partial charge in [-0.25, -0.2) is 4.79 Å². The van der Waals surface area contributed by atoms with Gasteiger partial charge in [0.15, 0.2) is 0 Å². The van der Waals surface area contributed by atoms with Gasteiger partial charge in [0.05, 0.1) is 5.92 Å². The molecule has 1 atom stereocenters. The SMILES string of the molecule is CC(Cc1ccc(Cl)cc1NC(=O)OC(C)(C)C)C(=O)O. The van der Waals surface area contributed by atoms with Crippen LogP contribution in [0.1, 0.15) is 33.3 Å². The highest BCUT2D eigenvalue weighted by Crippen LogP contribution is 2.24. The van der Waals surface area contributed by atoms with Crippen molar-refractivity contribution in [2.45, 2.75) is 39.7 Å². The van der Waals surface area contributed by atoms with Crippen molar-refractivity contribution >= 4 is 29.4 Å². The van der Waals surface area contributed by atoms with E-state index in [2.05, 4.69) is 5.32 Å². The number of hydrogen-bond donors (Lipinski definition) is 2. The molecule has 1 aromatic carbocycles. The highest BCUT2D eigenvalue weighted by Gasteiger charge is 2.19. The van der Waals surface area contributed by atoms with Crippen LogP contribution in [0, 0.1) is 5.92 Å². The predicted molar refractivity (Wildman–Crippen MR) is 81.8 cm³/mol. The lowest BCUT2D eigenvalue weighted by atomic mass is 10.00. The van der Waals surface area contributed by atoms with Crippen LogP contribution in [0.15, 0.2) is 18.2 Å². The summed E-state index contributed by atoms with van der Waals surface area (Å²) in [6.07, 6.45) is -0.313. The zero-order chi connectivity index (χ0) is 16.2. The number of carbonyl (C=O) groups is 2. The van der Waals surface area contributed by atoms with Crippen LogP contribution in [-0.2, 0) is 16.0 Å². The molecule has 1 unspecified atom stereocenters. The van der Waals surface area contributed by atoms with Crippen LogP contribution >= 0.6 is 11.6 Å². The zero-order valence-corrected chi connectivity index (χ0v) is 13.3. The fraction of sp³-hybridized carbons (Fsp3) is 0.467. The average molecular weight is 314 g/mol. The van der Waals surface area contributed by atoms with E-state index in [9.17, 15) is 9.59 Å². The molecule has 1 amide bonds. The fourth-order valence-corrected chi connectivity index (χ4v) is 1.85. The van der Waals surface area contributed by atoms with E-state index in [-0.39, 0.29) is 6.42 Å². The lowest BCUT2D eigenvalue weighted by Crippen LogP contribution is -2.27. The highest BCUT2D eigenvalue weighted by molar-refractivity contribution is 6.31. The van der Waals surface area contributed by atoms with Crippen LogP contribution in [0.4, 0.5) is 10.5 Å². The molecular formula is C15H20ClNO4. The van der Waals surface area contributed by atoms with E-state index >= 15 is 0 Å². The number of ether oxygens (including phenoxy) is 1. The van der Waals surface area contributed by atoms with Crippen LogP contribution in [-0.4, -0.2) is 22.8 Å². The smallest absolute Gasteiger partial charge is 0.412 e. The molecule has 2 N–H and O–H groups in total. The second-order valence-electron chi connectivity index (χ2n) is 5.87. The molecular weight excluding hydrogens is 294 g/mol. The van der Waals surface area contributed by atoms with Gasteiger partial charge in [0.25, 0.3) is 0 Å². The number of hydrogen-bond acceptors (Lipinski definition) is 3. The summed E-state index contributed by atoms with van der Waals surface area (Å²) < 4.78 is 5.18. The number of carboxylic acids is 1. The maximum Gasteiger partial charge on any atom is 0.412 e. The number of aliphatic carboxylic acids is 1. The topological polar surface area (TPSA) is 75.6 Å². The number of carboxylic acid groups (broad SMARTS) is 1. The normalized spacial score (nSPS) is 12.6. The molecule has 1 aromatic rings. The Morgan fingerprint density at radius 3 is 2.52 bits per heavy atom. The molecule has 21 heavy (non-hydrogen) atoms. The van der Waals surface area contributed by atoms with Gasteiger partial charge >= 0.3 is 12.1 Å². The first kappa shape index (κ1) is 17.3. The summed E-state index contributed by atoms with van der Waals surface area (Å²) in [6, 6.07) is 4.94. The quantitative estimate of drug-likeness (QED) is 0.882. The number of anilines is 1. The van der Waals surface area contributed by atoms with Crippen LogP contribution in [0.5, 0.6) is 0 Å². The van der Waals surface area contributed by atoms with Crippen LogP contribution in [0.3, 0.4) is 0 Å². The summed E-state index contributed by atoms with van der Waals surface area (Å²) in [5, 5.41) is 12.1. The Kier molecular flexibility index (Phi) is 5.61. The number of benzene rings is 1. The molecule has 0 heterocycles. The Morgan fingerprint density at radius 1 is 1.38 bits per heavy atom. The summed E-state index contributed by atoms with van der Waals surface area (Å²) in [5.41, 5.74) is 0.544. The van der Waals surface area contributed by atoms with Crippen molar-refractivity contribution in [3.63, 3.8) is 0 Å².